The monoisotopic (exact) mass is 393 g/mol. The molecule has 0 atom stereocenters. The average Bonchev–Trinajstić information content (AvgIpc) is 2.92. The Balaban J connectivity index is 1.49. The zero-order chi connectivity index (χ0) is 20.9. The van der Waals surface area contributed by atoms with Gasteiger partial charge in [-0.3, -0.25) is 0 Å². The second-order valence-corrected chi connectivity index (χ2v) is 8.10. The van der Waals surface area contributed by atoms with Crippen LogP contribution in [0, 0.1) is 0 Å². The summed E-state index contributed by atoms with van der Waals surface area (Å²) in [5.74, 6) is 0. The smallest absolute Gasteiger partial charge is 0.445 e. The van der Waals surface area contributed by atoms with Gasteiger partial charge in [0, 0.05) is 6.54 Å². The molecule has 0 spiro atoms. The molecule has 1 N–H and O–H groups in total. The van der Waals surface area contributed by atoms with Crippen LogP contribution in [0.3, 0.4) is 0 Å². The number of benzene rings is 2. The van der Waals surface area contributed by atoms with Crippen LogP contribution in [0.5, 0.6) is 0 Å². The van der Waals surface area contributed by atoms with Crippen LogP contribution in [-0.4, -0.2) is 31.0 Å². The van der Waals surface area contributed by atoms with Crippen molar-refractivity contribution in [1.29, 1.82) is 0 Å². The molecule has 1 fully saturated rings. The van der Waals surface area contributed by atoms with Crippen LogP contribution >= 0.6 is 0 Å². The van der Waals surface area contributed by atoms with Crippen molar-refractivity contribution in [2.45, 2.75) is 45.5 Å². The summed E-state index contributed by atoms with van der Waals surface area (Å²) in [5.41, 5.74) is 2.21. The van der Waals surface area contributed by atoms with Gasteiger partial charge in [-0.05, 0) is 44.3 Å². The molecule has 5 nitrogen and oxygen atoms in total. The lowest BCUT2D eigenvalue weighted by molar-refractivity contribution is 0.00578. The van der Waals surface area contributed by atoms with Gasteiger partial charge in [-0.1, -0.05) is 66.7 Å². The SMILES string of the molecule is CC1(C)OB(c2cccc(C=CCNC(=O)OCc3ccccc3)c2)OC1(C)C. The molecule has 0 bridgehead atoms. The van der Waals surface area contributed by atoms with Crippen molar-refractivity contribution in [3.8, 4) is 0 Å². The fourth-order valence-electron chi connectivity index (χ4n) is 2.90. The Morgan fingerprint density at radius 3 is 2.41 bits per heavy atom. The van der Waals surface area contributed by atoms with Gasteiger partial charge in [0.1, 0.15) is 6.61 Å². The standard InChI is InChI=1S/C23H28BNO4/c1-22(2)23(3,4)29-24(28-22)20-14-8-12-18(16-20)13-9-15-25-21(26)27-17-19-10-6-5-7-11-19/h5-14,16H,15,17H2,1-4H3,(H,25,26). The molecular weight excluding hydrogens is 365 g/mol. The van der Waals surface area contributed by atoms with E-state index in [4.69, 9.17) is 14.0 Å². The first kappa shape index (κ1) is 21.2. The van der Waals surface area contributed by atoms with Crippen LogP contribution in [0.2, 0.25) is 0 Å². The summed E-state index contributed by atoms with van der Waals surface area (Å²) < 4.78 is 17.4. The van der Waals surface area contributed by atoms with Crippen molar-refractivity contribution >= 4 is 24.8 Å². The van der Waals surface area contributed by atoms with E-state index >= 15 is 0 Å². The normalized spacial score (nSPS) is 17.4. The van der Waals surface area contributed by atoms with E-state index in [1.807, 2.05) is 94.4 Å². The second kappa shape index (κ2) is 8.85. The lowest BCUT2D eigenvalue weighted by atomic mass is 9.78. The molecule has 2 aromatic carbocycles. The first-order valence-corrected chi connectivity index (χ1v) is 9.83. The van der Waals surface area contributed by atoms with Crippen LogP contribution in [0.4, 0.5) is 4.79 Å². The van der Waals surface area contributed by atoms with Gasteiger partial charge in [0.15, 0.2) is 0 Å². The van der Waals surface area contributed by atoms with Crippen LogP contribution in [0.25, 0.3) is 6.08 Å². The first-order valence-electron chi connectivity index (χ1n) is 9.83. The molecule has 2 aromatic rings. The van der Waals surface area contributed by atoms with Crippen molar-refractivity contribution in [1.82, 2.24) is 5.32 Å². The Morgan fingerprint density at radius 1 is 1.03 bits per heavy atom. The lowest BCUT2D eigenvalue weighted by Gasteiger charge is -2.32. The summed E-state index contributed by atoms with van der Waals surface area (Å²) in [6.45, 7) is 8.80. The summed E-state index contributed by atoms with van der Waals surface area (Å²) >= 11 is 0. The van der Waals surface area contributed by atoms with Crippen molar-refractivity contribution in [2.24, 2.45) is 0 Å². The highest BCUT2D eigenvalue weighted by molar-refractivity contribution is 6.62. The maximum atomic E-state index is 11.8. The molecular formula is C23H28BNO4. The highest BCUT2D eigenvalue weighted by atomic mass is 16.7. The Labute approximate surface area is 173 Å². The number of carbonyl (C=O) groups is 1. The molecule has 1 aliphatic rings. The average molecular weight is 393 g/mol. The van der Waals surface area contributed by atoms with E-state index in [0.717, 1.165) is 16.6 Å². The van der Waals surface area contributed by atoms with Gasteiger partial charge in [0.2, 0.25) is 0 Å². The van der Waals surface area contributed by atoms with Gasteiger partial charge in [0.05, 0.1) is 11.2 Å². The molecule has 0 aliphatic carbocycles. The molecule has 0 unspecified atom stereocenters. The first-order chi connectivity index (χ1) is 13.8. The Kier molecular flexibility index (Phi) is 6.45. The van der Waals surface area contributed by atoms with Crippen LogP contribution < -0.4 is 10.8 Å². The lowest BCUT2D eigenvalue weighted by Crippen LogP contribution is -2.41. The molecule has 6 heteroatoms. The predicted molar refractivity (Wildman–Crippen MR) is 116 cm³/mol. The number of rotatable bonds is 6. The van der Waals surface area contributed by atoms with Crippen molar-refractivity contribution < 1.29 is 18.8 Å². The number of alkyl carbamates (subject to hydrolysis) is 1. The fourth-order valence-corrected chi connectivity index (χ4v) is 2.90. The fraction of sp³-hybridized carbons (Fsp3) is 0.348. The van der Waals surface area contributed by atoms with Gasteiger partial charge in [-0.2, -0.15) is 0 Å². The van der Waals surface area contributed by atoms with Crippen molar-refractivity contribution in [3.05, 3.63) is 71.8 Å². The number of amides is 1. The maximum absolute atomic E-state index is 11.8. The van der Waals surface area contributed by atoms with E-state index in [0.29, 0.717) is 6.54 Å². The molecule has 0 radical (unpaired) electrons. The van der Waals surface area contributed by atoms with E-state index < -0.39 is 6.09 Å². The second-order valence-electron chi connectivity index (χ2n) is 8.10. The number of hydrogen-bond donors (Lipinski definition) is 1. The highest BCUT2D eigenvalue weighted by Crippen LogP contribution is 2.36. The highest BCUT2D eigenvalue weighted by Gasteiger charge is 2.51. The summed E-state index contributed by atoms with van der Waals surface area (Å²) in [7, 11) is -0.389. The van der Waals surface area contributed by atoms with Crippen LogP contribution in [0.15, 0.2) is 60.7 Å². The molecule has 3 rings (SSSR count). The van der Waals surface area contributed by atoms with Gasteiger partial charge in [-0.25, -0.2) is 4.79 Å². The van der Waals surface area contributed by atoms with Gasteiger partial charge in [-0.15, -0.1) is 0 Å². The zero-order valence-corrected chi connectivity index (χ0v) is 17.5. The van der Waals surface area contributed by atoms with Crippen molar-refractivity contribution in [3.63, 3.8) is 0 Å². The summed E-state index contributed by atoms with van der Waals surface area (Å²) in [6, 6.07) is 17.6. The van der Waals surface area contributed by atoms with Crippen LogP contribution in [-0.2, 0) is 20.7 Å². The third-order valence-electron chi connectivity index (χ3n) is 5.32. The number of ether oxygens (including phenoxy) is 1. The Bertz CT molecular complexity index is 848. The number of hydrogen-bond acceptors (Lipinski definition) is 4. The van der Waals surface area contributed by atoms with E-state index in [1.165, 1.54) is 0 Å². The summed E-state index contributed by atoms with van der Waals surface area (Å²) in [5, 5.41) is 2.72. The molecule has 152 valence electrons. The van der Waals surface area contributed by atoms with Gasteiger partial charge < -0.3 is 19.4 Å². The largest absolute Gasteiger partial charge is 0.494 e. The number of carbonyl (C=O) groups excluding carboxylic acids is 1. The molecule has 0 aromatic heterocycles. The van der Waals surface area contributed by atoms with E-state index in [1.54, 1.807) is 0 Å². The Morgan fingerprint density at radius 2 is 1.72 bits per heavy atom. The van der Waals surface area contributed by atoms with E-state index in [-0.39, 0.29) is 24.9 Å². The van der Waals surface area contributed by atoms with Crippen LogP contribution in [0.1, 0.15) is 38.8 Å². The minimum atomic E-state index is -0.440. The predicted octanol–water partition coefficient (Wildman–Crippen LogP) is 3.93. The van der Waals surface area contributed by atoms with Crippen molar-refractivity contribution in [2.75, 3.05) is 6.54 Å². The minimum Gasteiger partial charge on any atom is -0.445 e. The molecule has 1 heterocycles. The van der Waals surface area contributed by atoms with E-state index in [2.05, 4.69) is 5.32 Å². The zero-order valence-electron chi connectivity index (χ0n) is 17.5. The maximum Gasteiger partial charge on any atom is 0.494 e. The Hall–Kier alpha value is -2.57. The molecule has 1 aliphatic heterocycles. The minimum absolute atomic E-state index is 0.256. The number of nitrogens with one attached hydrogen (secondary N) is 1. The third kappa shape index (κ3) is 5.49. The van der Waals surface area contributed by atoms with E-state index in [9.17, 15) is 4.79 Å². The molecule has 29 heavy (non-hydrogen) atoms. The summed E-state index contributed by atoms with van der Waals surface area (Å²) in [6.07, 6.45) is 3.39. The molecule has 1 saturated heterocycles. The van der Waals surface area contributed by atoms with Gasteiger partial charge in [0.25, 0.3) is 0 Å². The molecule has 0 saturated carbocycles. The summed E-state index contributed by atoms with van der Waals surface area (Å²) in [4.78, 5) is 11.8. The third-order valence-corrected chi connectivity index (χ3v) is 5.32. The quantitative estimate of drug-likeness (QED) is 0.756. The molecule has 1 amide bonds. The van der Waals surface area contributed by atoms with Gasteiger partial charge >= 0.3 is 13.2 Å². The topological polar surface area (TPSA) is 56.8 Å².